The van der Waals surface area contributed by atoms with Gasteiger partial charge in [0.25, 0.3) is 5.91 Å². The molecule has 5 nitrogen and oxygen atoms in total. The highest BCUT2D eigenvalue weighted by Gasteiger charge is 2.14. The Morgan fingerprint density at radius 3 is 2.52 bits per heavy atom. The van der Waals surface area contributed by atoms with Gasteiger partial charge in [0.1, 0.15) is 5.75 Å². The van der Waals surface area contributed by atoms with Crippen LogP contribution in [0.3, 0.4) is 0 Å². The molecule has 0 radical (unpaired) electrons. The third-order valence-electron chi connectivity index (χ3n) is 4.41. The molecule has 25 heavy (non-hydrogen) atoms. The van der Waals surface area contributed by atoms with E-state index in [1.165, 1.54) is 5.56 Å². The lowest BCUT2D eigenvalue weighted by atomic mass is 10.1. The smallest absolute Gasteiger partial charge is 0.255 e. The number of rotatable bonds is 6. The molecule has 1 aliphatic heterocycles. The van der Waals surface area contributed by atoms with E-state index in [1.807, 2.05) is 24.3 Å². The van der Waals surface area contributed by atoms with E-state index in [1.54, 1.807) is 19.2 Å². The van der Waals surface area contributed by atoms with E-state index in [0.29, 0.717) is 17.9 Å². The van der Waals surface area contributed by atoms with Crippen LogP contribution in [0.15, 0.2) is 48.5 Å². The van der Waals surface area contributed by atoms with Gasteiger partial charge in [0, 0.05) is 26.2 Å². The van der Waals surface area contributed by atoms with Crippen molar-refractivity contribution < 1.29 is 14.3 Å². The predicted molar refractivity (Wildman–Crippen MR) is 96.7 cm³/mol. The Bertz CT molecular complexity index is 712. The molecule has 0 atom stereocenters. The molecular weight excluding hydrogens is 316 g/mol. The van der Waals surface area contributed by atoms with E-state index in [0.717, 1.165) is 38.4 Å². The van der Waals surface area contributed by atoms with Crippen molar-refractivity contribution in [3.63, 3.8) is 0 Å². The van der Waals surface area contributed by atoms with Crippen LogP contribution in [-0.4, -0.2) is 44.2 Å². The molecule has 1 aliphatic rings. The molecule has 1 saturated heterocycles. The lowest BCUT2D eigenvalue weighted by Crippen LogP contribution is -2.36. The van der Waals surface area contributed by atoms with Crippen LogP contribution in [0.2, 0.25) is 0 Å². The first-order valence-electron chi connectivity index (χ1n) is 8.56. The third-order valence-corrected chi connectivity index (χ3v) is 4.41. The average Bonchev–Trinajstić information content (AvgIpc) is 2.68. The van der Waals surface area contributed by atoms with Gasteiger partial charge in [0.15, 0.2) is 0 Å². The predicted octanol–water partition coefficient (Wildman–Crippen LogP) is 2.46. The summed E-state index contributed by atoms with van der Waals surface area (Å²) in [6.45, 7) is 4.84. The number of amides is 1. The minimum Gasteiger partial charge on any atom is -0.496 e. The number of carbonyl (C=O) groups is 1. The summed E-state index contributed by atoms with van der Waals surface area (Å²) >= 11 is 0. The van der Waals surface area contributed by atoms with Crippen LogP contribution in [0.5, 0.6) is 5.75 Å². The van der Waals surface area contributed by atoms with Crippen molar-refractivity contribution in [1.82, 2.24) is 10.2 Å². The largest absolute Gasteiger partial charge is 0.496 e. The van der Waals surface area contributed by atoms with Crippen molar-refractivity contribution in [2.24, 2.45) is 0 Å². The molecule has 0 saturated carbocycles. The van der Waals surface area contributed by atoms with Gasteiger partial charge in [0.05, 0.1) is 25.9 Å². The summed E-state index contributed by atoms with van der Waals surface area (Å²) in [6.07, 6.45) is 0. The second kappa shape index (κ2) is 8.65. The van der Waals surface area contributed by atoms with Gasteiger partial charge < -0.3 is 14.8 Å². The molecular formula is C20H24N2O3. The van der Waals surface area contributed by atoms with Crippen LogP contribution in [-0.2, 0) is 17.8 Å². The van der Waals surface area contributed by atoms with Crippen molar-refractivity contribution in [3.8, 4) is 5.75 Å². The van der Waals surface area contributed by atoms with E-state index in [9.17, 15) is 4.79 Å². The number of nitrogens with zero attached hydrogens (tertiary/aromatic N) is 1. The fourth-order valence-corrected chi connectivity index (χ4v) is 2.99. The Hall–Kier alpha value is -2.37. The zero-order valence-electron chi connectivity index (χ0n) is 14.5. The molecule has 0 aliphatic carbocycles. The molecule has 0 spiro atoms. The van der Waals surface area contributed by atoms with Gasteiger partial charge in [-0.05, 0) is 23.3 Å². The number of benzene rings is 2. The summed E-state index contributed by atoms with van der Waals surface area (Å²) in [5.74, 6) is 0.459. The summed E-state index contributed by atoms with van der Waals surface area (Å²) in [5, 5.41) is 3.01. The van der Waals surface area contributed by atoms with E-state index in [2.05, 4.69) is 22.3 Å². The Morgan fingerprint density at radius 2 is 1.76 bits per heavy atom. The summed E-state index contributed by atoms with van der Waals surface area (Å²) < 4.78 is 10.7. The number of methoxy groups -OCH3 is 1. The van der Waals surface area contributed by atoms with E-state index < -0.39 is 0 Å². The molecule has 0 bridgehead atoms. The number of para-hydroxylation sites is 1. The highest BCUT2D eigenvalue weighted by Crippen LogP contribution is 2.18. The molecule has 3 rings (SSSR count). The molecule has 5 heteroatoms. The van der Waals surface area contributed by atoms with Crippen molar-refractivity contribution in [3.05, 3.63) is 65.2 Å². The van der Waals surface area contributed by atoms with Gasteiger partial charge in [-0.2, -0.15) is 0 Å². The topological polar surface area (TPSA) is 50.8 Å². The second-order valence-corrected chi connectivity index (χ2v) is 6.04. The van der Waals surface area contributed by atoms with Crippen molar-refractivity contribution in [2.45, 2.75) is 13.1 Å². The quantitative estimate of drug-likeness (QED) is 0.878. The molecule has 1 amide bonds. The van der Waals surface area contributed by atoms with E-state index >= 15 is 0 Å². The minimum absolute atomic E-state index is 0.126. The molecule has 1 fully saturated rings. The zero-order chi connectivity index (χ0) is 17.5. The maximum Gasteiger partial charge on any atom is 0.255 e. The van der Waals surface area contributed by atoms with Gasteiger partial charge in [-0.3, -0.25) is 9.69 Å². The van der Waals surface area contributed by atoms with Crippen molar-refractivity contribution in [1.29, 1.82) is 0 Å². The number of ether oxygens (including phenoxy) is 2. The van der Waals surface area contributed by atoms with Crippen LogP contribution < -0.4 is 10.1 Å². The van der Waals surface area contributed by atoms with E-state index in [-0.39, 0.29) is 5.91 Å². The Morgan fingerprint density at radius 1 is 1.08 bits per heavy atom. The van der Waals surface area contributed by atoms with Gasteiger partial charge in [-0.1, -0.05) is 36.4 Å². The number of hydrogen-bond acceptors (Lipinski definition) is 4. The fraction of sp³-hybridized carbons (Fsp3) is 0.350. The molecule has 0 aromatic heterocycles. The van der Waals surface area contributed by atoms with Gasteiger partial charge in [-0.25, -0.2) is 0 Å². The highest BCUT2D eigenvalue weighted by atomic mass is 16.5. The molecule has 1 N–H and O–H groups in total. The summed E-state index contributed by atoms with van der Waals surface area (Å²) in [5.41, 5.74) is 2.93. The van der Waals surface area contributed by atoms with Crippen LogP contribution in [0.4, 0.5) is 0 Å². The lowest BCUT2D eigenvalue weighted by Gasteiger charge is -2.27. The average molecular weight is 340 g/mol. The Labute approximate surface area is 148 Å². The summed E-state index contributed by atoms with van der Waals surface area (Å²) in [7, 11) is 1.57. The minimum atomic E-state index is -0.126. The highest BCUT2D eigenvalue weighted by molar-refractivity contribution is 5.96. The van der Waals surface area contributed by atoms with Crippen molar-refractivity contribution >= 4 is 5.91 Å². The standard InChI is InChI=1S/C20H24N2O3/c1-24-19-9-5-4-8-18(19)20(23)21-14-16-6-2-3-7-17(16)15-22-10-12-25-13-11-22/h2-9H,10-15H2,1H3,(H,21,23). The number of nitrogens with one attached hydrogen (secondary N) is 1. The first-order chi connectivity index (χ1) is 12.3. The zero-order valence-corrected chi connectivity index (χ0v) is 14.5. The normalized spacial score (nSPS) is 14.9. The third kappa shape index (κ3) is 4.59. The summed E-state index contributed by atoms with van der Waals surface area (Å²) in [6, 6.07) is 15.5. The van der Waals surface area contributed by atoms with Crippen LogP contribution >= 0.6 is 0 Å². The number of hydrogen-bond donors (Lipinski definition) is 1. The van der Waals surface area contributed by atoms with Gasteiger partial charge >= 0.3 is 0 Å². The molecule has 2 aromatic rings. The van der Waals surface area contributed by atoms with Crippen LogP contribution in [0.25, 0.3) is 0 Å². The number of carbonyl (C=O) groups excluding carboxylic acids is 1. The number of morpholine rings is 1. The Balaban J connectivity index is 1.65. The van der Waals surface area contributed by atoms with Gasteiger partial charge in [0.2, 0.25) is 0 Å². The maximum atomic E-state index is 12.5. The second-order valence-electron chi connectivity index (χ2n) is 6.04. The Kier molecular flexibility index (Phi) is 6.04. The lowest BCUT2D eigenvalue weighted by molar-refractivity contribution is 0.0340. The fourth-order valence-electron chi connectivity index (χ4n) is 2.99. The molecule has 2 aromatic carbocycles. The molecule has 132 valence electrons. The molecule has 1 heterocycles. The van der Waals surface area contributed by atoms with E-state index in [4.69, 9.17) is 9.47 Å². The van der Waals surface area contributed by atoms with Gasteiger partial charge in [-0.15, -0.1) is 0 Å². The first-order valence-corrected chi connectivity index (χ1v) is 8.56. The summed E-state index contributed by atoms with van der Waals surface area (Å²) in [4.78, 5) is 14.9. The monoisotopic (exact) mass is 340 g/mol. The van der Waals surface area contributed by atoms with Crippen LogP contribution in [0.1, 0.15) is 21.5 Å². The first kappa shape index (κ1) is 17.5. The molecule has 0 unspecified atom stereocenters. The SMILES string of the molecule is COc1ccccc1C(=O)NCc1ccccc1CN1CCOCC1. The maximum absolute atomic E-state index is 12.5. The van der Waals surface area contributed by atoms with Crippen LogP contribution in [0, 0.1) is 0 Å². The van der Waals surface area contributed by atoms with Crippen molar-refractivity contribution in [2.75, 3.05) is 33.4 Å².